The number of hydrogen-bond acceptors (Lipinski definition) is 2. The minimum Gasteiger partial charge on any atom is -0.394 e. The van der Waals surface area contributed by atoms with Crippen molar-refractivity contribution in [3.8, 4) is 0 Å². The van der Waals surface area contributed by atoms with Crippen molar-refractivity contribution < 1.29 is 19.0 Å². The fourth-order valence-corrected chi connectivity index (χ4v) is 1.12. The van der Waals surface area contributed by atoms with Crippen molar-refractivity contribution in [2.75, 3.05) is 6.61 Å². The van der Waals surface area contributed by atoms with Gasteiger partial charge in [0.15, 0.2) is 11.6 Å². The molecular weight excluding hydrogens is 190 g/mol. The molecule has 0 radical (unpaired) electrons. The molecule has 0 saturated heterocycles. The van der Waals surface area contributed by atoms with Crippen molar-refractivity contribution >= 4 is 0 Å². The normalized spacial score (nSPS) is 12.9. The summed E-state index contributed by atoms with van der Waals surface area (Å²) in [6, 6.07) is 3.61. The molecule has 1 unspecified atom stereocenters. The zero-order valence-corrected chi connectivity index (χ0v) is 7.58. The predicted octanol–water partition coefficient (Wildman–Crippen LogP) is 1.25. The van der Waals surface area contributed by atoms with Gasteiger partial charge in [-0.15, -0.1) is 0 Å². The molecule has 1 aromatic carbocycles. The molecular formula is C10H12F2O2. The van der Waals surface area contributed by atoms with Crippen molar-refractivity contribution in [2.24, 2.45) is 0 Å². The molecule has 0 spiro atoms. The molecule has 1 rings (SSSR count). The van der Waals surface area contributed by atoms with Gasteiger partial charge in [-0.1, -0.05) is 6.07 Å². The first-order chi connectivity index (χ1) is 6.63. The third-order valence-electron chi connectivity index (χ3n) is 1.96. The molecule has 0 aliphatic heterocycles. The van der Waals surface area contributed by atoms with Crippen molar-refractivity contribution in [1.82, 2.24) is 0 Å². The number of halogens is 2. The Hall–Kier alpha value is -1.00. The number of hydrogen-bond donors (Lipinski definition) is 2. The van der Waals surface area contributed by atoms with E-state index < -0.39 is 17.7 Å². The molecule has 1 aromatic rings. The number of benzene rings is 1. The molecule has 78 valence electrons. The van der Waals surface area contributed by atoms with Crippen LogP contribution < -0.4 is 0 Å². The highest BCUT2D eigenvalue weighted by Crippen LogP contribution is 2.11. The second-order valence-electron chi connectivity index (χ2n) is 3.12. The Bertz CT molecular complexity index is 302. The Labute approximate surface area is 80.8 Å². The molecule has 2 nitrogen and oxygen atoms in total. The van der Waals surface area contributed by atoms with Gasteiger partial charge in [-0.2, -0.15) is 0 Å². The molecule has 14 heavy (non-hydrogen) atoms. The van der Waals surface area contributed by atoms with Crippen LogP contribution in [0, 0.1) is 11.6 Å². The van der Waals surface area contributed by atoms with Crippen LogP contribution in [0.25, 0.3) is 0 Å². The molecule has 0 aliphatic carbocycles. The van der Waals surface area contributed by atoms with E-state index in [1.54, 1.807) is 0 Å². The van der Waals surface area contributed by atoms with Gasteiger partial charge in [-0.3, -0.25) is 0 Å². The van der Waals surface area contributed by atoms with Crippen LogP contribution in [0.1, 0.15) is 12.0 Å². The summed E-state index contributed by atoms with van der Waals surface area (Å²) < 4.78 is 25.2. The van der Waals surface area contributed by atoms with E-state index in [9.17, 15) is 8.78 Å². The maximum atomic E-state index is 12.7. The highest BCUT2D eigenvalue weighted by atomic mass is 19.2. The lowest BCUT2D eigenvalue weighted by Crippen LogP contribution is -2.12. The van der Waals surface area contributed by atoms with E-state index in [1.165, 1.54) is 6.07 Å². The molecule has 0 amide bonds. The van der Waals surface area contributed by atoms with Gasteiger partial charge in [0.1, 0.15) is 0 Å². The maximum Gasteiger partial charge on any atom is 0.159 e. The minimum atomic E-state index is -0.888. The second-order valence-corrected chi connectivity index (χ2v) is 3.12. The molecule has 0 bridgehead atoms. The van der Waals surface area contributed by atoms with Crippen LogP contribution in [0.4, 0.5) is 8.78 Å². The molecule has 0 fully saturated rings. The van der Waals surface area contributed by atoms with Gasteiger partial charge in [-0.25, -0.2) is 8.78 Å². The third-order valence-corrected chi connectivity index (χ3v) is 1.96. The maximum absolute atomic E-state index is 12.7. The van der Waals surface area contributed by atoms with Crippen LogP contribution >= 0.6 is 0 Å². The van der Waals surface area contributed by atoms with Crippen molar-refractivity contribution in [3.63, 3.8) is 0 Å². The van der Waals surface area contributed by atoms with Gasteiger partial charge in [-0.05, 0) is 30.5 Å². The van der Waals surface area contributed by atoms with E-state index in [-0.39, 0.29) is 6.61 Å². The molecule has 1 atom stereocenters. The van der Waals surface area contributed by atoms with Gasteiger partial charge < -0.3 is 10.2 Å². The molecule has 0 heterocycles. The Morgan fingerprint density at radius 3 is 2.50 bits per heavy atom. The summed E-state index contributed by atoms with van der Waals surface area (Å²) in [5, 5.41) is 17.6. The van der Waals surface area contributed by atoms with Gasteiger partial charge >= 0.3 is 0 Å². The van der Waals surface area contributed by atoms with E-state index >= 15 is 0 Å². The van der Waals surface area contributed by atoms with Gasteiger partial charge in [0.25, 0.3) is 0 Å². The highest BCUT2D eigenvalue weighted by Gasteiger charge is 2.05. The summed E-state index contributed by atoms with van der Waals surface area (Å²) in [4.78, 5) is 0. The summed E-state index contributed by atoms with van der Waals surface area (Å²) in [6.07, 6.45) is -0.0522. The zero-order valence-electron chi connectivity index (χ0n) is 7.58. The lowest BCUT2D eigenvalue weighted by atomic mass is 10.1. The van der Waals surface area contributed by atoms with Gasteiger partial charge in [0, 0.05) is 0 Å². The summed E-state index contributed by atoms with van der Waals surface area (Å²) in [7, 11) is 0. The Morgan fingerprint density at radius 1 is 1.21 bits per heavy atom. The summed E-state index contributed by atoms with van der Waals surface area (Å²) in [5.41, 5.74) is 0.608. The van der Waals surface area contributed by atoms with E-state index in [4.69, 9.17) is 10.2 Å². The van der Waals surface area contributed by atoms with Crippen LogP contribution in [0.15, 0.2) is 18.2 Å². The molecule has 0 saturated carbocycles. The first-order valence-electron chi connectivity index (χ1n) is 4.36. The number of aliphatic hydroxyl groups excluding tert-OH is 2. The van der Waals surface area contributed by atoms with Crippen LogP contribution in [0.5, 0.6) is 0 Å². The Balaban J connectivity index is 2.55. The Morgan fingerprint density at radius 2 is 1.93 bits per heavy atom. The first kappa shape index (κ1) is 11.1. The fourth-order valence-electron chi connectivity index (χ4n) is 1.12. The molecule has 4 heteroatoms. The quantitative estimate of drug-likeness (QED) is 0.771. The molecule has 0 aromatic heterocycles. The van der Waals surface area contributed by atoms with Crippen molar-refractivity contribution in [2.45, 2.75) is 18.9 Å². The highest BCUT2D eigenvalue weighted by molar-refractivity contribution is 5.17. The second kappa shape index (κ2) is 5.02. The average molecular weight is 202 g/mol. The molecule has 0 aliphatic rings. The van der Waals surface area contributed by atoms with E-state index in [0.29, 0.717) is 18.4 Å². The molecule has 2 N–H and O–H groups in total. The smallest absolute Gasteiger partial charge is 0.159 e. The fraction of sp³-hybridized carbons (Fsp3) is 0.400. The van der Waals surface area contributed by atoms with Crippen LogP contribution in [-0.4, -0.2) is 22.9 Å². The minimum absolute atomic E-state index is 0.316. The van der Waals surface area contributed by atoms with Crippen LogP contribution in [0.3, 0.4) is 0 Å². The lowest BCUT2D eigenvalue weighted by molar-refractivity contribution is 0.0885. The average Bonchev–Trinajstić information content (AvgIpc) is 2.19. The monoisotopic (exact) mass is 202 g/mol. The lowest BCUT2D eigenvalue weighted by Gasteiger charge is -2.06. The zero-order chi connectivity index (χ0) is 10.6. The van der Waals surface area contributed by atoms with Gasteiger partial charge in [0.05, 0.1) is 12.7 Å². The third kappa shape index (κ3) is 3.05. The summed E-state index contributed by atoms with van der Waals surface area (Å²) in [6.45, 7) is -0.316. The largest absolute Gasteiger partial charge is 0.394 e. The number of aliphatic hydroxyl groups is 2. The predicted molar refractivity (Wildman–Crippen MR) is 47.8 cm³/mol. The van der Waals surface area contributed by atoms with Crippen molar-refractivity contribution in [1.29, 1.82) is 0 Å². The Kier molecular flexibility index (Phi) is 3.98. The number of aryl methyl sites for hydroxylation is 1. The van der Waals surface area contributed by atoms with Crippen LogP contribution in [0.2, 0.25) is 0 Å². The SMILES string of the molecule is OCC(O)CCc1ccc(F)c(F)c1. The summed E-state index contributed by atoms with van der Waals surface area (Å²) in [5.74, 6) is -1.77. The standard InChI is InChI=1S/C10H12F2O2/c11-9-4-2-7(5-10(9)12)1-3-8(14)6-13/h2,4-5,8,13-14H,1,3,6H2. The summed E-state index contributed by atoms with van der Waals surface area (Å²) >= 11 is 0. The van der Waals surface area contributed by atoms with E-state index in [2.05, 4.69) is 0 Å². The van der Waals surface area contributed by atoms with E-state index in [0.717, 1.165) is 12.1 Å². The van der Waals surface area contributed by atoms with E-state index in [1.807, 2.05) is 0 Å². The topological polar surface area (TPSA) is 40.5 Å². The van der Waals surface area contributed by atoms with Crippen molar-refractivity contribution in [3.05, 3.63) is 35.4 Å². The number of rotatable bonds is 4. The first-order valence-corrected chi connectivity index (χ1v) is 4.36. The van der Waals surface area contributed by atoms with Crippen LogP contribution in [-0.2, 0) is 6.42 Å². The van der Waals surface area contributed by atoms with Gasteiger partial charge in [0.2, 0.25) is 0 Å².